The van der Waals surface area contributed by atoms with Gasteiger partial charge < -0.3 is 15.5 Å². The van der Waals surface area contributed by atoms with Crippen LogP contribution in [0.3, 0.4) is 0 Å². The van der Waals surface area contributed by atoms with Gasteiger partial charge in [-0.2, -0.15) is 0 Å². The molecule has 5 nitrogen and oxygen atoms in total. The number of nitrogens with zero attached hydrogens (tertiary/aromatic N) is 2. The van der Waals surface area contributed by atoms with Crippen LogP contribution in [-0.2, 0) is 6.42 Å². The van der Waals surface area contributed by atoms with Crippen molar-refractivity contribution in [2.75, 3.05) is 0 Å². The molecule has 1 atom stereocenters. The van der Waals surface area contributed by atoms with Crippen molar-refractivity contribution >= 4 is 28.5 Å². The first-order valence-electron chi connectivity index (χ1n) is 9.13. The highest BCUT2D eigenvalue weighted by molar-refractivity contribution is 6.43. The third kappa shape index (κ3) is 5.60. The molecule has 6 heteroatoms. The first-order valence-corrected chi connectivity index (χ1v) is 9.51. The van der Waals surface area contributed by atoms with Crippen molar-refractivity contribution < 1.29 is 4.42 Å². The number of allylic oxidation sites excluding steroid dienone is 1. The Balaban J connectivity index is 2.28. The van der Waals surface area contributed by atoms with Crippen LogP contribution in [0.2, 0.25) is 0 Å². The van der Waals surface area contributed by atoms with E-state index in [1.165, 1.54) is 0 Å². The van der Waals surface area contributed by atoms with Crippen molar-refractivity contribution in [3.8, 4) is 0 Å². The molecule has 0 saturated heterocycles. The van der Waals surface area contributed by atoms with Crippen LogP contribution in [0, 0.1) is 5.41 Å². The largest absolute Gasteiger partial charge is 0.441 e. The molecule has 1 heterocycles. The highest BCUT2D eigenvalue weighted by Crippen LogP contribution is 2.27. The summed E-state index contributed by atoms with van der Waals surface area (Å²) in [6.07, 6.45) is 3.07. The van der Waals surface area contributed by atoms with E-state index >= 15 is 0 Å². The average Bonchev–Trinajstić information content (AvgIpc) is 2.97. The third-order valence-electron chi connectivity index (χ3n) is 4.07. The molecule has 0 saturated carbocycles. The molecule has 0 bridgehead atoms. The van der Waals surface area contributed by atoms with E-state index in [-0.39, 0.29) is 11.5 Å². The molecule has 1 aromatic heterocycles. The van der Waals surface area contributed by atoms with Gasteiger partial charge in [-0.05, 0) is 42.7 Å². The van der Waals surface area contributed by atoms with Crippen molar-refractivity contribution in [2.45, 2.75) is 53.5 Å². The second kappa shape index (κ2) is 8.61. The molecule has 3 N–H and O–H groups in total. The lowest BCUT2D eigenvalue weighted by Crippen LogP contribution is -2.18. The zero-order chi connectivity index (χ0) is 20.2. The number of hydrogen-bond donors (Lipinski definition) is 2. The molecule has 0 aliphatic carbocycles. The number of rotatable bonds is 7. The minimum Gasteiger partial charge on any atom is -0.441 e. The number of nitrogens with two attached hydrogens (primary N) is 1. The van der Waals surface area contributed by atoms with Crippen molar-refractivity contribution in [1.29, 1.82) is 0 Å². The molecule has 146 valence electrons. The van der Waals surface area contributed by atoms with Gasteiger partial charge in [0.2, 0.25) is 0 Å². The predicted octanol–water partition coefficient (Wildman–Crippen LogP) is 5.43. The van der Waals surface area contributed by atoms with Gasteiger partial charge in [0.15, 0.2) is 11.5 Å². The van der Waals surface area contributed by atoms with Crippen molar-refractivity contribution in [3.63, 3.8) is 0 Å². The molecule has 1 unspecified atom stereocenters. The maximum absolute atomic E-state index is 6.35. The Morgan fingerprint density at radius 1 is 1.44 bits per heavy atom. The van der Waals surface area contributed by atoms with Gasteiger partial charge in [-0.1, -0.05) is 51.9 Å². The molecule has 2 aromatic rings. The minimum absolute atomic E-state index is 0.120. The Hall–Kier alpha value is -2.27. The van der Waals surface area contributed by atoms with Crippen LogP contribution in [0.15, 0.2) is 51.1 Å². The summed E-state index contributed by atoms with van der Waals surface area (Å²) in [5, 5.41) is 3.42. The maximum Gasteiger partial charge on any atom is 0.195 e. The minimum atomic E-state index is -0.159. The summed E-state index contributed by atoms with van der Waals surface area (Å²) in [4.78, 5) is 9.16. The quantitative estimate of drug-likeness (QED) is 0.489. The fourth-order valence-electron chi connectivity index (χ4n) is 2.72. The second-order valence-corrected chi connectivity index (χ2v) is 8.14. The lowest BCUT2D eigenvalue weighted by Gasteiger charge is -2.14. The Bertz CT molecular complexity index is 874. The predicted molar refractivity (Wildman–Crippen MR) is 114 cm³/mol. The van der Waals surface area contributed by atoms with Crippen LogP contribution < -0.4 is 11.1 Å². The summed E-state index contributed by atoms with van der Waals surface area (Å²) < 4.78 is 5.85. The Kier molecular flexibility index (Phi) is 6.71. The summed E-state index contributed by atoms with van der Waals surface area (Å²) in [5.74, 6) is 1.04. The summed E-state index contributed by atoms with van der Waals surface area (Å²) in [7, 11) is 0. The van der Waals surface area contributed by atoms with E-state index in [9.17, 15) is 0 Å². The number of benzene rings is 1. The highest BCUT2D eigenvalue weighted by atomic mass is 35.5. The first-order chi connectivity index (χ1) is 12.6. The summed E-state index contributed by atoms with van der Waals surface area (Å²) in [5.41, 5.74) is 9.62. The van der Waals surface area contributed by atoms with Crippen LogP contribution >= 0.6 is 11.6 Å². The van der Waals surface area contributed by atoms with Gasteiger partial charge in [0.25, 0.3) is 0 Å². The number of halogens is 1. The van der Waals surface area contributed by atoms with Gasteiger partial charge in [-0.15, -0.1) is 0 Å². The van der Waals surface area contributed by atoms with Crippen molar-refractivity contribution in [3.05, 3.63) is 53.2 Å². The molecule has 0 fully saturated rings. The molecular weight excluding hydrogens is 360 g/mol. The van der Waals surface area contributed by atoms with Crippen molar-refractivity contribution in [1.82, 2.24) is 10.3 Å². The van der Waals surface area contributed by atoms with Gasteiger partial charge >= 0.3 is 0 Å². The fraction of sp³-hybridized carbons (Fsp3) is 0.429. The van der Waals surface area contributed by atoms with E-state index in [1.54, 1.807) is 6.20 Å². The second-order valence-electron chi connectivity index (χ2n) is 7.76. The maximum atomic E-state index is 6.35. The molecule has 27 heavy (non-hydrogen) atoms. The molecule has 0 amide bonds. The third-order valence-corrected chi connectivity index (χ3v) is 4.49. The van der Waals surface area contributed by atoms with Crippen molar-refractivity contribution in [2.24, 2.45) is 16.1 Å². The number of aromatic nitrogens is 1. The summed E-state index contributed by atoms with van der Waals surface area (Å²) in [6.45, 7) is 14.1. The molecular formula is C21H29ClN4O. The van der Waals surface area contributed by atoms with Crippen LogP contribution in [-0.4, -0.2) is 10.8 Å². The van der Waals surface area contributed by atoms with E-state index in [0.717, 1.165) is 34.7 Å². The number of nitrogens with one attached hydrogen (secondary N) is 1. The zero-order valence-electron chi connectivity index (χ0n) is 16.8. The SMILES string of the molecule is C=CNC(CC)=C(Cl)C(N)=NC(C)c1ccc2oc(CC(C)(C)C)nc2c1. The fourth-order valence-corrected chi connectivity index (χ4v) is 2.96. The number of aliphatic imine (C=N–C) groups is 1. The topological polar surface area (TPSA) is 76.4 Å². The van der Waals surface area contributed by atoms with E-state index < -0.39 is 0 Å². The van der Waals surface area contributed by atoms with Crippen LogP contribution in [0.1, 0.15) is 58.5 Å². The van der Waals surface area contributed by atoms with Gasteiger partial charge in [0.05, 0.1) is 6.04 Å². The number of hydrogen-bond acceptors (Lipinski definition) is 4. The van der Waals surface area contributed by atoms with E-state index in [2.05, 4.69) is 42.6 Å². The molecule has 0 radical (unpaired) electrons. The summed E-state index contributed by atoms with van der Waals surface area (Å²) >= 11 is 6.35. The summed E-state index contributed by atoms with van der Waals surface area (Å²) in [6, 6.07) is 5.75. The van der Waals surface area contributed by atoms with E-state index in [1.807, 2.05) is 32.0 Å². The monoisotopic (exact) mass is 388 g/mol. The van der Waals surface area contributed by atoms with E-state index in [4.69, 9.17) is 21.8 Å². The Labute approximate surface area is 166 Å². The first kappa shape index (κ1) is 21.0. The smallest absolute Gasteiger partial charge is 0.195 e. The molecule has 0 spiro atoms. The van der Waals surface area contributed by atoms with Gasteiger partial charge in [-0.3, -0.25) is 4.99 Å². The zero-order valence-corrected chi connectivity index (χ0v) is 17.5. The van der Waals surface area contributed by atoms with Gasteiger partial charge in [0, 0.05) is 12.1 Å². The molecule has 0 aliphatic rings. The average molecular weight is 389 g/mol. The van der Waals surface area contributed by atoms with Crippen LogP contribution in [0.5, 0.6) is 0 Å². The van der Waals surface area contributed by atoms with Gasteiger partial charge in [0.1, 0.15) is 16.4 Å². The Morgan fingerprint density at radius 3 is 2.74 bits per heavy atom. The lowest BCUT2D eigenvalue weighted by atomic mass is 9.92. The van der Waals surface area contributed by atoms with E-state index in [0.29, 0.717) is 17.3 Å². The van der Waals surface area contributed by atoms with Crippen LogP contribution in [0.4, 0.5) is 0 Å². The molecule has 1 aromatic carbocycles. The number of amidine groups is 1. The molecule has 2 rings (SSSR count). The standard InChI is InChI=1S/C21H29ClN4O/c1-7-15(24-8-2)19(22)20(23)25-13(3)14-9-10-17-16(11-14)26-18(27-17)12-21(4,5)6/h8-11,13,24H,2,7,12H2,1,3-6H3,(H2,23,25). The Morgan fingerprint density at radius 2 is 2.15 bits per heavy atom. The molecule has 0 aliphatic heterocycles. The lowest BCUT2D eigenvalue weighted by molar-refractivity contribution is 0.362. The number of fused-ring (bicyclic) bond motifs is 1. The van der Waals surface area contributed by atoms with Crippen LogP contribution in [0.25, 0.3) is 11.1 Å². The highest BCUT2D eigenvalue weighted by Gasteiger charge is 2.17. The van der Waals surface area contributed by atoms with Gasteiger partial charge in [-0.25, -0.2) is 4.98 Å². The number of oxazole rings is 1. The normalized spacial score (nSPS) is 14.8.